The Morgan fingerprint density at radius 2 is 2.43 bits per heavy atom. The molecule has 1 spiro atoms. The molecule has 3 saturated carbocycles. The standard InChI is InChI=1S/C12H15NO/c1-7(6-13)10-11(3-4-14)5-9-8(2)12(9,10)11/h4,7-10H,3,5H2,1-2H3. The third-order valence-corrected chi connectivity index (χ3v) is 5.49. The highest BCUT2D eigenvalue weighted by Crippen LogP contribution is 3.01. The lowest BCUT2D eigenvalue weighted by Gasteiger charge is -2.21. The molecular weight excluding hydrogens is 174 g/mol. The Balaban J connectivity index is 1.90. The highest BCUT2D eigenvalue weighted by molar-refractivity contribution is 5.59. The maximum atomic E-state index is 10.7. The van der Waals surface area contributed by atoms with Crippen molar-refractivity contribution in [1.29, 1.82) is 5.26 Å². The average molecular weight is 189 g/mol. The second-order valence-electron chi connectivity index (χ2n) is 5.45. The minimum Gasteiger partial charge on any atom is -0.303 e. The van der Waals surface area contributed by atoms with Crippen LogP contribution in [0.3, 0.4) is 0 Å². The van der Waals surface area contributed by atoms with E-state index in [0.29, 0.717) is 17.8 Å². The molecule has 74 valence electrons. The van der Waals surface area contributed by atoms with Crippen LogP contribution >= 0.6 is 0 Å². The second-order valence-corrected chi connectivity index (χ2v) is 5.45. The number of nitriles is 1. The van der Waals surface area contributed by atoms with E-state index in [1.54, 1.807) is 0 Å². The normalized spacial score (nSPS) is 58.5. The number of carbonyl (C=O) groups is 1. The Morgan fingerprint density at radius 1 is 1.71 bits per heavy atom. The van der Waals surface area contributed by atoms with E-state index in [2.05, 4.69) is 13.0 Å². The summed E-state index contributed by atoms with van der Waals surface area (Å²) < 4.78 is 0. The van der Waals surface area contributed by atoms with Crippen molar-refractivity contribution in [3.8, 4) is 6.07 Å². The second kappa shape index (κ2) is 2.05. The summed E-state index contributed by atoms with van der Waals surface area (Å²) >= 11 is 0. The fraction of sp³-hybridized carbons (Fsp3) is 0.833. The van der Waals surface area contributed by atoms with Gasteiger partial charge in [-0.2, -0.15) is 5.26 Å². The lowest BCUT2D eigenvalue weighted by atomic mass is 9.82. The summed E-state index contributed by atoms with van der Waals surface area (Å²) in [5.74, 6) is 2.31. The first-order valence-electron chi connectivity index (χ1n) is 5.50. The lowest BCUT2D eigenvalue weighted by Crippen LogP contribution is -2.17. The summed E-state index contributed by atoms with van der Waals surface area (Å²) in [6.07, 6.45) is 2.97. The number of nitrogens with zero attached hydrogens (tertiary/aromatic N) is 1. The highest BCUT2D eigenvalue weighted by Gasteiger charge is 2.98. The van der Waals surface area contributed by atoms with E-state index in [9.17, 15) is 4.79 Å². The summed E-state index contributed by atoms with van der Waals surface area (Å²) in [5.41, 5.74) is 0.719. The Labute approximate surface area is 84.3 Å². The number of aldehydes is 1. The fourth-order valence-corrected chi connectivity index (χ4v) is 5.11. The number of hydrogen-bond acceptors (Lipinski definition) is 2. The SMILES string of the molecule is CC(C#N)C1C2(CC=O)CC3C(C)C312. The van der Waals surface area contributed by atoms with Crippen molar-refractivity contribution in [3.63, 3.8) is 0 Å². The summed E-state index contributed by atoms with van der Waals surface area (Å²) in [5, 5.41) is 8.97. The van der Waals surface area contributed by atoms with Gasteiger partial charge in [0, 0.05) is 12.3 Å². The average Bonchev–Trinajstić information content (AvgIpc) is 2.82. The molecule has 2 heteroatoms. The highest BCUT2D eigenvalue weighted by atomic mass is 16.1. The molecule has 0 heterocycles. The summed E-state index contributed by atoms with van der Waals surface area (Å²) in [7, 11) is 0. The molecule has 2 nitrogen and oxygen atoms in total. The van der Waals surface area contributed by atoms with E-state index in [-0.39, 0.29) is 11.3 Å². The number of hydrogen-bond donors (Lipinski definition) is 0. The zero-order chi connectivity index (χ0) is 10.1. The van der Waals surface area contributed by atoms with Gasteiger partial charge in [0.1, 0.15) is 6.29 Å². The van der Waals surface area contributed by atoms with Crippen molar-refractivity contribution in [3.05, 3.63) is 0 Å². The Hall–Kier alpha value is -0.840. The monoisotopic (exact) mass is 189 g/mol. The molecule has 14 heavy (non-hydrogen) atoms. The molecular formula is C12H15NO. The van der Waals surface area contributed by atoms with Crippen LogP contribution in [0.4, 0.5) is 0 Å². The summed E-state index contributed by atoms with van der Waals surface area (Å²) in [6.45, 7) is 4.31. The van der Waals surface area contributed by atoms with Gasteiger partial charge >= 0.3 is 0 Å². The zero-order valence-electron chi connectivity index (χ0n) is 8.66. The molecule has 0 radical (unpaired) electrons. The Morgan fingerprint density at radius 3 is 2.86 bits per heavy atom. The van der Waals surface area contributed by atoms with Gasteiger partial charge in [-0.1, -0.05) is 6.92 Å². The zero-order valence-corrected chi connectivity index (χ0v) is 8.66. The maximum Gasteiger partial charge on any atom is 0.120 e. The Bertz CT molecular complexity index is 352. The van der Waals surface area contributed by atoms with Crippen LogP contribution in [-0.4, -0.2) is 6.29 Å². The minimum absolute atomic E-state index is 0.143. The van der Waals surface area contributed by atoms with Gasteiger partial charge in [0.2, 0.25) is 0 Å². The van der Waals surface area contributed by atoms with Gasteiger partial charge in [-0.05, 0) is 41.9 Å². The lowest BCUT2D eigenvalue weighted by molar-refractivity contribution is -0.109. The topological polar surface area (TPSA) is 40.9 Å². The number of carbonyl (C=O) groups excluding carboxylic acids is 1. The van der Waals surface area contributed by atoms with Crippen LogP contribution in [0, 0.1) is 45.8 Å². The molecule has 0 aromatic rings. The van der Waals surface area contributed by atoms with Crippen molar-refractivity contribution in [1.82, 2.24) is 0 Å². The van der Waals surface area contributed by atoms with Crippen LogP contribution in [0.5, 0.6) is 0 Å². The predicted octanol–water partition coefficient (Wildman–Crippen LogP) is 2.01. The number of rotatable bonds is 3. The molecule has 3 aliphatic carbocycles. The van der Waals surface area contributed by atoms with E-state index in [1.807, 2.05) is 6.92 Å². The van der Waals surface area contributed by atoms with E-state index in [0.717, 1.165) is 18.1 Å². The minimum atomic E-state index is 0.143. The van der Waals surface area contributed by atoms with Gasteiger partial charge < -0.3 is 4.79 Å². The van der Waals surface area contributed by atoms with E-state index in [1.165, 1.54) is 6.42 Å². The van der Waals surface area contributed by atoms with Gasteiger partial charge in [0.15, 0.2) is 0 Å². The summed E-state index contributed by atoms with van der Waals surface area (Å²) in [6, 6.07) is 2.37. The van der Waals surface area contributed by atoms with Crippen molar-refractivity contribution in [2.45, 2.75) is 26.7 Å². The first-order valence-corrected chi connectivity index (χ1v) is 5.50. The van der Waals surface area contributed by atoms with Crippen LogP contribution < -0.4 is 0 Å². The quantitative estimate of drug-likeness (QED) is 0.637. The predicted molar refractivity (Wildman–Crippen MR) is 51.1 cm³/mol. The molecule has 0 aliphatic heterocycles. The molecule has 6 atom stereocenters. The van der Waals surface area contributed by atoms with Gasteiger partial charge in [-0.15, -0.1) is 0 Å². The third kappa shape index (κ3) is 0.518. The van der Waals surface area contributed by atoms with Crippen LogP contribution in [0.15, 0.2) is 0 Å². The third-order valence-electron chi connectivity index (χ3n) is 5.49. The Kier molecular flexibility index (Phi) is 1.24. The molecule has 0 bridgehead atoms. The first-order chi connectivity index (χ1) is 6.66. The van der Waals surface area contributed by atoms with Crippen molar-refractivity contribution in [2.24, 2.45) is 34.5 Å². The van der Waals surface area contributed by atoms with Crippen molar-refractivity contribution >= 4 is 6.29 Å². The van der Waals surface area contributed by atoms with Crippen LogP contribution in [-0.2, 0) is 4.79 Å². The van der Waals surface area contributed by atoms with Crippen LogP contribution in [0.25, 0.3) is 0 Å². The molecule has 0 saturated heterocycles. The fourth-order valence-electron chi connectivity index (χ4n) is 5.11. The molecule has 0 amide bonds. The molecule has 6 unspecified atom stereocenters. The maximum absolute atomic E-state index is 10.7. The molecule has 0 aromatic heterocycles. The molecule has 3 rings (SSSR count). The van der Waals surface area contributed by atoms with E-state index < -0.39 is 0 Å². The molecule has 0 aromatic carbocycles. The molecule has 3 fully saturated rings. The van der Waals surface area contributed by atoms with Crippen LogP contribution in [0.1, 0.15) is 26.7 Å². The van der Waals surface area contributed by atoms with Gasteiger partial charge in [0.05, 0.1) is 6.07 Å². The van der Waals surface area contributed by atoms with E-state index in [4.69, 9.17) is 5.26 Å². The molecule has 0 N–H and O–H groups in total. The largest absolute Gasteiger partial charge is 0.303 e. The summed E-state index contributed by atoms with van der Waals surface area (Å²) in [4.78, 5) is 10.7. The van der Waals surface area contributed by atoms with Crippen molar-refractivity contribution in [2.75, 3.05) is 0 Å². The van der Waals surface area contributed by atoms with E-state index >= 15 is 0 Å². The first kappa shape index (κ1) is 8.47. The van der Waals surface area contributed by atoms with Gasteiger partial charge in [-0.3, -0.25) is 0 Å². The van der Waals surface area contributed by atoms with Gasteiger partial charge in [0.25, 0.3) is 0 Å². The smallest absolute Gasteiger partial charge is 0.120 e. The van der Waals surface area contributed by atoms with Crippen LogP contribution in [0.2, 0.25) is 0 Å². The van der Waals surface area contributed by atoms with Crippen molar-refractivity contribution < 1.29 is 4.79 Å². The van der Waals surface area contributed by atoms with Gasteiger partial charge in [-0.25, -0.2) is 0 Å². The molecule has 3 aliphatic rings.